The van der Waals surface area contributed by atoms with E-state index in [9.17, 15) is 9.59 Å². The van der Waals surface area contributed by atoms with E-state index in [1.165, 1.54) is 34.9 Å². The maximum atomic E-state index is 12.2. The molecule has 27 heavy (non-hydrogen) atoms. The molecule has 3 rings (SSSR count). The Balaban J connectivity index is 1.58. The molecule has 3 aromatic heterocycles. The highest BCUT2D eigenvalue weighted by molar-refractivity contribution is 8.03. The standard InChI is InChI=1S/C17H19N5O2S3/c1-3-6-18-14(23)10-26-17-21-20-16(27-17)25-9-12-7-15(24)22-8-11(2)4-5-13(22)19-12/h4-5,7-8H,3,6,9-10H2,1-2H3,(H,18,23). The third-order valence-corrected chi connectivity index (χ3v) is 6.71. The van der Waals surface area contributed by atoms with Gasteiger partial charge in [0.2, 0.25) is 5.91 Å². The number of aromatic nitrogens is 4. The number of nitrogens with zero attached hydrogens (tertiary/aromatic N) is 4. The van der Waals surface area contributed by atoms with E-state index in [0.29, 0.717) is 29.4 Å². The van der Waals surface area contributed by atoms with Gasteiger partial charge in [-0.15, -0.1) is 10.2 Å². The van der Waals surface area contributed by atoms with Crippen LogP contribution in [-0.2, 0) is 10.5 Å². The van der Waals surface area contributed by atoms with Crippen LogP contribution in [0.4, 0.5) is 0 Å². The number of rotatable bonds is 8. The second-order valence-electron chi connectivity index (χ2n) is 5.78. The largest absolute Gasteiger partial charge is 0.355 e. The molecule has 0 fully saturated rings. The van der Waals surface area contributed by atoms with Crippen LogP contribution in [0.15, 0.2) is 37.9 Å². The van der Waals surface area contributed by atoms with E-state index in [0.717, 1.165) is 20.7 Å². The van der Waals surface area contributed by atoms with Crippen molar-refractivity contribution in [1.82, 2.24) is 24.9 Å². The molecule has 3 heterocycles. The van der Waals surface area contributed by atoms with Gasteiger partial charge in [0.05, 0.1) is 11.4 Å². The second-order valence-corrected chi connectivity index (χ2v) is 9.20. The maximum absolute atomic E-state index is 12.2. The minimum atomic E-state index is -0.0918. The monoisotopic (exact) mass is 421 g/mol. The number of pyridine rings is 1. The summed E-state index contributed by atoms with van der Waals surface area (Å²) < 4.78 is 3.09. The Morgan fingerprint density at radius 3 is 2.81 bits per heavy atom. The summed E-state index contributed by atoms with van der Waals surface area (Å²) in [5.41, 5.74) is 2.26. The van der Waals surface area contributed by atoms with Crippen molar-refractivity contribution in [3.63, 3.8) is 0 Å². The van der Waals surface area contributed by atoms with Crippen LogP contribution in [0.3, 0.4) is 0 Å². The van der Waals surface area contributed by atoms with Crippen molar-refractivity contribution in [2.45, 2.75) is 34.7 Å². The molecule has 0 atom stereocenters. The molecule has 0 spiro atoms. The summed E-state index contributed by atoms with van der Waals surface area (Å²) in [6.45, 7) is 4.64. The Morgan fingerprint density at radius 1 is 1.26 bits per heavy atom. The number of hydrogen-bond donors (Lipinski definition) is 1. The van der Waals surface area contributed by atoms with Gasteiger partial charge in [-0.2, -0.15) is 0 Å². The zero-order valence-electron chi connectivity index (χ0n) is 15.0. The molecule has 10 heteroatoms. The molecule has 1 amide bonds. The summed E-state index contributed by atoms with van der Waals surface area (Å²) in [5, 5.41) is 11.1. The van der Waals surface area contributed by atoms with Crippen LogP contribution in [-0.4, -0.2) is 37.8 Å². The van der Waals surface area contributed by atoms with Crippen molar-refractivity contribution in [1.29, 1.82) is 0 Å². The van der Waals surface area contributed by atoms with E-state index < -0.39 is 0 Å². The van der Waals surface area contributed by atoms with Gasteiger partial charge >= 0.3 is 0 Å². The number of thioether (sulfide) groups is 2. The fraction of sp³-hybridized carbons (Fsp3) is 0.353. The van der Waals surface area contributed by atoms with Gasteiger partial charge in [0.15, 0.2) is 8.68 Å². The molecule has 142 valence electrons. The fourth-order valence-electron chi connectivity index (χ4n) is 2.22. The minimum absolute atomic E-state index is 0.00216. The van der Waals surface area contributed by atoms with Gasteiger partial charge < -0.3 is 5.32 Å². The van der Waals surface area contributed by atoms with Gasteiger partial charge in [-0.25, -0.2) is 4.98 Å². The molecule has 0 saturated carbocycles. The molecule has 0 saturated heterocycles. The number of hydrogen-bond acceptors (Lipinski definition) is 8. The van der Waals surface area contributed by atoms with Gasteiger partial charge in [-0.3, -0.25) is 14.0 Å². The van der Waals surface area contributed by atoms with E-state index in [1.807, 2.05) is 26.0 Å². The molecule has 0 aliphatic carbocycles. The van der Waals surface area contributed by atoms with Crippen molar-refractivity contribution in [2.75, 3.05) is 12.3 Å². The van der Waals surface area contributed by atoms with E-state index in [4.69, 9.17) is 0 Å². The first-order valence-electron chi connectivity index (χ1n) is 8.40. The van der Waals surface area contributed by atoms with Crippen molar-refractivity contribution >= 4 is 46.4 Å². The number of nitrogens with one attached hydrogen (secondary N) is 1. The molecule has 0 aliphatic rings. The highest BCUT2D eigenvalue weighted by Gasteiger charge is 2.10. The molecule has 0 bridgehead atoms. The topological polar surface area (TPSA) is 89.2 Å². The Hall–Kier alpha value is -1.91. The normalized spacial score (nSPS) is 11.0. The predicted molar refractivity (Wildman–Crippen MR) is 110 cm³/mol. The van der Waals surface area contributed by atoms with Gasteiger partial charge in [-0.05, 0) is 25.0 Å². The lowest BCUT2D eigenvalue weighted by Gasteiger charge is -2.04. The van der Waals surface area contributed by atoms with E-state index in [-0.39, 0.29) is 11.5 Å². The molecule has 0 radical (unpaired) electrons. The maximum Gasteiger partial charge on any atom is 0.258 e. The zero-order valence-corrected chi connectivity index (χ0v) is 17.4. The van der Waals surface area contributed by atoms with Crippen LogP contribution in [0.5, 0.6) is 0 Å². The van der Waals surface area contributed by atoms with Crippen LogP contribution in [0, 0.1) is 6.92 Å². The van der Waals surface area contributed by atoms with E-state index in [2.05, 4.69) is 20.5 Å². The lowest BCUT2D eigenvalue weighted by Crippen LogP contribution is -2.25. The number of amides is 1. The van der Waals surface area contributed by atoms with Crippen LogP contribution in [0.1, 0.15) is 24.6 Å². The van der Waals surface area contributed by atoms with Gasteiger partial charge in [-0.1, -0.05) is 47.9 Å². The van der Waals surface area contributed by atoms with Crippen molar-refractivity contribution in [3.05, 3.63) is 46.0 Å². The molecule has 0 aromatic carbocycles. The summed E-state index contributed by atoms with van der Waals surface area (Å²) in [4.78, 5) is 28.4. The quantitative estimate of drug-likeness (QED) is 0.559. The van der Waals surface area contributed by atoms with Gasteiger partial charge in [0.25, 0.3) is 5.56 Å². The third-order valence-electron chi connectivity index (χ3n) is 3.49. The Bertz CT molecular complexity index is 1000. The lowest BCUT2D eigenvalue weighted by molar-refractivity contribution is -0.118. The zero-order chi connectivity index (χ0) is 19.2. The fourth-order valence-corrected chi connectivity index (χ4v) is 4.97. The molecule has 0 aliphatic heterocycles. The number of fused-ring (bicyclic) bond motifs is 1. The third kappa shape index (κ3) is 5.53. The first kappa shape index (κ1) is 19.8. The Kier molecular flexibility index (Phi) is 6.86. The van der Waals surface area contributed by atoms with Crippen molar-refractivity contribution < 1.29 is 4.79 Å². The summed E-state index contributed by atoms with van der Waals surface area (Å²) >= 11 is 4.30. The highest BCUT2D eigenvalue weighted by atomic mass is 32.2. The summed E-state index contributed by atoms with van der Waals surface area (Å²) in [7, 11) is 0. The minimum Gasteiger partial charge on any atom is -0.355 e. The molecule has 7 nitrogen and oxygen atoms in total. The Morgan fingerprint density at radius 2 is 2.04 bits per heavy atom. The number of carbonyl (C=O) groups is 1. The lowest BCUT2D eigenvalue weighted by atomic mass is 10.3. The Labute approximate surface area is 169 Å². The predicted octanol–water partition coefficient (Wildman–Crippen LogP) is 2.77. The number of carbonyl (C=O) groups excluding carboxylic acids is 1. The van der Waals surface area contributed by atoms with Crippen LogP contribution in [0.2, 0.25) is 0 Å². The van der Waals surface area contributed by atoms with Gasteiger partial charge in [0.1, 0.15) is 5.65 Å². The average Bonchev–Trinajstić information content (AvgIpc) is 3.11. The molecular weight excluding hydrogens is 402 g/mol. The molecule has 0 unspecified atom stereocenters. The van der Waals surface area contributed by atoms with Crippen LogP contribution in [0.25, 0.3) is 5.65 Å². The van der Waals surface area contributed by atoms with E-state index in [1.54, 1.807) is 16.7 Å². The van der Waals surface area contributed by atoms with Crippen molar-refractivity contribution in [2.24, 2.45) is 0 Å². The summed E-state index contributed by atoms with van der Waals surface area (Å²) in [6.07, 6.45) is 2.70. The van der Waals surface area contributed by atoms with Crippen LogP contribution >= 0.6 is 34.9 Å². The molecule has 1 N–H and O–H groups in total. The first-order valence-corrected chi connectivity index (χ1v) is 11.2. The molecule has 3 aromatic rings. The SMILES string of the molecule is CCCNC(=O)CSc1nnc(SCc2cc(=O)n3cc(C)ccc3n2)s1. The summed E-state index contributed by atoms with van der Waals surface area (Å²) in [6, 6.07) is 5.33. The smallest absolute Gasteiger partial charge is 0.258 e. The van der Waals surface area contributed by atoms with Crippen molar-refractivity contribution in [3.8, 4) is 0 Å². The average molecular weight is 422 g/mol. The van der Waals surface area contributed by atoms with Crippen LogP contribution < -0.4 is 10.9 Å². The molecular formula is C17H19N5O2S3. The highest BCUT2D eigenvalue weighted by Crippen LogP contribution is 2.30. The summed E-state index contributed by atoms with van der Waals surface area (Å²) in [5.74, 6) is 0.875. The second kappa shape index (κ2) is 9.34. The van der Waals surface area contributed by atoms with Gasteiger partial charge in [0, 0.05) is 24.6 Å². The number of aryl methyl sites for hydroxylation is 1. The van der Waals surface area contributed by atoms with E-state index >= 15 is 0 Å². The first-order chi connectivity index (χ1) is 13.0.